The maximum absolute atomic E-state index is 12.2. The molecule has 3 rings (SSSR count). The average Bonchev–Trinajstić information content (AvgIpc) is 3.26. The molecule has 1 fully saturated rings. The van der Waals surface area contributed by atoms with Gasteiger partial charge in [-0.15, -0.1) is 5.10 Å². The van der Waals surface area contributed by atoms with E-state index in [0.717, 1.165) is 18.7 Å². The summed E-state index contributed by atoms with van der Waals surface area (Å²) in [6.07, 6.45) is 4.72. The predicted molar refractivity (Wildman–Crippen MR) is 96.5 cm³/mol. The number of hydrogen-bond acceptors (Lipinski definition) is 5. The van der Waals surface area contributed by atoms with Crippen LogP contribution in [0, 0.1) is 0 Å². The van der Waals surface area contributed by atoms with Gasteiger partial charge in [-0.05, 0) is 31.9 Å². The van der Waals surface area contributed by atoms with Crippen LogP contribution < -0.4 is 10.6 Å². The standard InChI is InChI=1S/C17H21N5O2S/c1-11(15(23)20-16(24)18-13-9-3-2-4-10-13)25-17-19-14(21-22-17)12-7-5-6-8-12/h2-4,9-12H,5-8H2,1H3,(H,19,21,22)(H2,18,20,23,24). The Balaban J connectivity index is 1.49. The maximum atomic E-state index is 12.2. The quantitative estimate of drug-likeness (QED) is 0.711. The number of benzene rings is 1. The summed E-state index contributed by atoms with van der Waals surface area (Å²) in [5, 5.41) is 12.2. The molecule has 1 saturated carbocycles. The lowest BCUT2D eigenvalue weighted by atomic mass is 10.1. The largest absolute Gasteiger partial charge is 0.325 e. The second-order valence-corrected chi connectivity index (χ2v) is 7.36. The molecule has 8 heteroatoms. The van der Waals surface area contributed by atoms with Crippen molar-refractivity contribution in [3.05, 3.63) is 36.2 Å². The molecule has 3 amide bonds. The fourth-order valence-corrected chi connectivity index (χ4v) is 3.53. The van der Waals surface area contributed by atoms with Gasteiger partial charge in [-0.25, -0.2) is 9.78 Å². The number of nitrogens with one attached hydrogen (secondary N) is 3. The number of amides is 3. The fraction of sp³-hybridized carbons (Fsp3) is 0.412. The predicted octanol–water partition coefficient (Wildman–Crippen LogP) is 3.29. The van der Waals surface area contributed by atoms with E-state index in [1.54, 1.807) is 31.2 Å². The third kappa shape index (κ3) is 4.82. The maximum Gasteiger partial charge on any atom is 0.325 e. The summed E-state index contributed by atoms with van der Waals surface area (Å²) < 4.78 is 0. The van der Waals surface area contributed by atoms with Gasteiger partial charge in [0.1, 0.15) is 5.82 Å². The molecule has 1 aliphatic rings. The van der Waals surface area contributed by atoms with E-state index in [1.165, 1.54) is 24.6 Å². The lowest BCUT2D eigenvalue weighted by Gasteiger charge is -2.10. The average molecular weight is 359 g/mol. The Morgan fingerprint density at radius 1 is 1.24 bits per heavy atom. The molecule has 1 unspecified atom stereocenters. The molecule has 7 nitrogen and oxygen atoms in total. The number of para-hydroxylation sites is 1. The second-order valence-electron chi connectivity index (χ2n) is 6.05. The van der Waals surface area contributed by atoms with E-state index in [9.17, 15) is 9.59 Å². The Morgan fingerprint density at radius 3 is 2.68 bits per heavy atom. The van der Waals surface area contributed by atoms with Crippen molar-refractivity contribution in [3.63, 3.8) is 0 Å². The summed E-state index contributed by atoms with van der Waals surface area (Å²) >= 11 is 1.23. The van der Waals surface area contributed by atoms with Crippen LogP contribution >= 0.6 is 11.8 Å². The summed E-state index contributed by atoms with van der Waals surface area (Å²) in [7, 11) is 0. The zero-order valence-electron chi connectivity index (χ0n) is 14.0. The number of aromatic nitrogens is 3. The van der Waals surface area contributed by atoms with Crippen molar-refractivity contribution >= 4 is 29.4 Å². The topological polar surface area (TPSA) is 99.8 Å². The minimum Gasteiger partial charge on any atom is -0.308 e. The number of nitrogens with zero attached hydrogens (tertiary/aromatic N) is 2. The van der Waals surface area contributed by atoms with E-state index in [2.05, 4.69) is 25.8 Å². The monoisotopic (exact) mass is 359 g/mol. The van der Waals surface area contributed by atoms with E-state index >= 15 is 0 Å². The zero-order valence-corrected chi connectivity index (χ0v) is 14.8. The molecule has 1 aromatic carbocycles. The van der Waals surface area contributed by atoms with Crippen LogP contribution in [0.15, 0.2) is 35.5 Å². The molecule has 1 heterocycles. The van der Waals surface area contributed by atoms with Gasteiger partial charge in [0.25, 0.3) is 0 Å². The number of H-pyrrole nitrogens is 1. The van der Waals surface area contributed by atoms with Crippen LogP contribution in [-0.2, 0) is 4.79 Å². The summed E-state index contributed by atoms with van der Waals surface area (Å²) in [6, 6.07) is 8.41. The van der Waals surface area contributed by atoms with Crippen LogP contribution in [0.2, 0.25) is 0 Å². The van der Waals surface area contributed by atoms with Gasteiger partial charge in [0.2, 0.25) is 11.1 Å². The minimum absolute atomic E-state index is 0.384. The number of rotatable bonds is 5. The Morgan fingerprint density at radius 2 is 1.96 bits per heavy atom. The van der Waals surface area contributed by atoms with E-state index in [-0.39, 0.29) is 5.91 Å². The highest BCUT2D eigenvalue weighted by atomic mass is 32.2. The van der Waals surface area contributed by atoms with Gasteiger partial charge < -0.3 is 5.32 Å². The molecular formula is C17H21N5O2S. The van der Waals surface area contributed by atoms with Gasteiger partial charge in [0.15, 0.2) is 0 Å². The van der Waals surface area contributed by atoms with Crippen molar-refractivity contribution in [1.29, 1.82) is 0 Å². The summed E-state index contributed by atoms with van der Waals surface area (Å²) in [5.74, 6) is 0.961. The molecule has 25 heavy (non-hydrogen) atoms. The Hall–Kier alpha value is -2.35. The molecule has 1 atom stereocenters. The third-order valence-electron chi connectivity index (χ3n) is 4.14. The molecular weight excluding hydrogens is 338 g/mol. The molecule has 132 valence electrons. The third-order valence-corrected chi connectivity index (χ3v) is 5.10. The molecule has 1 aliphatic carbocycles. The molecule has 0 spiro atoms. The van der Waals surface area contributed by atoms with E-state index in [1.807, 2.05) is 6.07 Å². The van der Waals surface area contributed by atoms with Gasteiger partial charge in [0.05, 0.1) is 5.25 Å². The summed E-state index contributed by atoms with van der Waals surface area (Å²) in [5.41, 5.74) is 0.628. The van der Waals surface area contributed by atoms with Crippen molar-refractivity contribution in [2.24, 2.45) is 0 Å². The van der Waals surface area contributed by atoms with Crippen molar-refractivity contribution < 1.29 is 9.59 Å². The van der Waals surface area contributed by atoms with Crippen molar-refractivity contribution in [3.8, 4) is 0 Å². The highest BCUT2D eigenvalue weighted by Crippen LogP contribution is 2.33. The lowest BCUT2D eigenvalue weighted by Crippen LogP contribution is -2.38. The SMILES string of the molecule is CC(Sc1n[nH]c(C2CCCC2)n1)C(=O)NC(=O)Nc1ccccc1. The van der Waals surface area contributed by atoms with Gasteiger partial charge in [-0.2, -0.15) is 0 Å². The summed E-state index contributed by atoms with van der Waals surface area (Å²) in [6.45, 7) is 1.72. The highest BCUT2D eigenvalue weighted by molar-refractivity contribution is 8.00. The van der Waals surface area contributed by atoms with Gasteiger partial charge in [-0.1, -0.05) is 42.8 Å². The van der Waals surface area contributed by atoms with E-state index < -0.39 is 11.3 Å². The van der Waals surface area contributed by atoms with Crippen molar-refractivity contribution in [2.75, 3.05) is 5.32 Å². The Bertz CT molecular complexity index is 728. The van der Waals surface area contributed by atoms with Crippen LogP contribution in [-0.4, -0.2) is 32.4 Å². The van der Waals surface area contributed by atoms with Crippen LogP contribution in [0.25, 0.3) is 0 Å². The highest BCUT2D eigenvalue weighted by Gasteiger charge is 2.23. The van der Waals surface area contributed by atoms with Gasteiger partial charge in [-0.3, -0.25) is 15.2 Å². The number of hydrogen-bond donors (Lipinski definition) is 3. The van der Waals surface area contributed by atoms with E-state index in [4.69, 9.17) is 0 Å². The van der Waals surface area contributed by atoms with E-state index in [0.29, 0.717) is 16.8 Å². The summed E-state index contributed by atoms with van der Waals surface area (Å²) in [4.78, 5) is 28.5. The van der Waals surface area contributed by atoms with Crippen LogP contribution in [0.4, 0.5) is 10.5 Å². The minimum atomic E-state index is -0.551. The molecule has 3 N–H and O–H groups in total. The number of anilines is 1. The van der Waals surface area contributed by atoms with Crippen molar-refractivity contribution in [2.45, 2.75) is 48.9 Å². The fourth-order valence-electron chi connectivity index (χ4n) is 2.80. The number of carbonyl (C=O) groups excluding carboxylic acids is 2. The molecule has 2 aromatic rings. The molecule has 1 aromatic heterocycles. The number of carbonyl (C=O) groups is 2. The molecule has 0 bridgehead atoms. The first-order chi connectivity index (χ1) is 12.1. The number of thioether (sulfide) groups is 1. The Kier molecular flexibility index (Phi) is 5.70. The first-order valence-electron chi connectivity index (χ1n) is 8.37. The Labute approximate surface area is 150 Å². The molecule has 0 saturated heterocycles. The molecule has 0 aliphatic heterocycles. The first-order valence-corrected chi connectivity index (χ1v) is 9.25. The first kappa shape index (κ1) is 17.5. The zero-order chi connectivity index (χ0) is 17.6. The van der Waals surface area contributed by atoms with Crippen LogP contribution in [0.1, 0.15) is 44.3 Å². The number of urea groups is 1. The number of aromatic amines is 1. The van der Waals surface area contributed by atoms with Crippen molar-refractivity contribution in [1.82, 2.24) is 20.5 Å². The smallest absolute Gasteiger partial charge is 0.308 e. The van der Waals surface area contributed by atoms with Gasteiger partial charge in [0, 0.05) is 11.6 Å². The number of imide groups is 1. The second kappa shape index (κ2) is 8.15. The lowest BCUT2D eigenvalue weighted by molar-refractivity contribution is -0.119. The van der Waals surface area contributed by atoms with Crippen LogP contribution in [0.3, 0.4) is 0 Å². The van der Waals surface area contributed by atoms with Gasteiger partial charge >= 0.3 is 6.03 Å². The molecule has 0 radical (unpaired) electrons. The van der Waals surface area contributed by atoms with Crippen LogP contribution in [0.5, 0.6) is 0 Å². The normalized spacial score (nSPS) is 15.7.